The monoisotopic (exact) mass is 686 g/mol. The molecule has 0 saturated carbocycles. The van der Waals surface area contributed by atoms with Crippen LogP contribution in [0.2, 0.25) is 0 Å². The minimum atomic E-state index is 0.862. The maximum atomic E-state index is 5.35. The number of hydrogen-bond acceptors (Lipinski definition) is 4. The molecule has 4 heterocycles. The molecule has 0 spiro atoms. The van der Waals surface area contributed by atoms with Crippen LogP contribution in [-0.2, 0) is 0 Å². The summed E-state index contributed by atoms with van der Waals surface area (Å²) in [7, 11) is 0. The molecule has 0 N–H and O–H groups in total. The molecular formula is C50H30N4. The second-order valence-corrected chi connectivity index (χ2v) is 13.8. The highest BCUT2D eigenvalue weighted by molar-refractivity contribution is 6.33. The van der Waals surface area contributed by atoms with E-state index in [1.165, 1.54) is 32.3 Å². The quantitative estimate of drug-likeness (QED) is 0.173. The third-order valence-electron chi connectivity index (χ3n) is 10.7. The lowest BCUT2D eigenvalue weighted by Crippen LogP contribution is -1.94. The molecule has 0 atom stereocenters. The van der Waals surface area contributed by atoms with E-state index in [-0.39, 0.29) is 0 Å². The molecule has 4 aromatic heterocycles. The zero-order valence-corrected chi connectivity index (χ0v) is 29.1. The molecular weight excluding hydrogens is 657 g/mol. The molecule has 0 saturated heterocycles. The van der Waals surface area contributed by atoms with Crippen LogP contribution in [0, 0.1) is 0 Å². The van der Waals surface area contributed by atoms with E-state index in [4.69, 9.17) is 19.9 Å². The van der Waals surface area contributed by atoms with Gasteiger partial charge in [-0.2, -0.15) is 0 Å². The largest absolute Gasteiger partial charge is 0.256 e. The molecule has 11 aromatic rings. The van der Waals surface area contributed by atoms with E-state index in [0.717, 1.165) is 77.7 Å². The molecule has 0 aliphatic carbocycles. The SMILES string of the molecule is c1ccc(-c2ccc3ccc4ccc(-c5ccc(-c6cccc(-c7nc8ccccc8c8c9ccccc9c9ccccc9c78)c6)nc5)nc4c3n2)cc1. The molecule has 0 bridgehead atoms. The van der Waals surface area contributed by atoms with Crippen molar-refractivity contribution in [3.8, 4) is 45.0 Å². The van der Waals surface area contributed by atoms with Gasteiger partial charge in [-0.15, -0.1) is 0 Å². The number of rotatable bonds is 4. The molecule has 4 nitrogen and oxygen atoms in total. The van der Waals surface area contributed by atoms with E-state index in [1.807, 2.05) is 24.4 Å². The highest BCUT2D eigenvalue weighted by atomic mass is 14.8. The molecule has 0 fully saturated rings. The summed E-state index contributed by atoms with van der Waals surface area (Å²) >= 11 is 0. The van der Waals surface area contributed by atoms with Gasteiger partial charge < -0.3 is 0 Å². The van der Waals surface area contributed by atoms with Gasteiger partial charge >= 0.3 is 0 Å². The fourth-order valence-corrected chi connectivity index (χ4v) is 8.07. The van der Waals surface area contributed by atoms with E-state index >= 15 is 0 Å². The summed E-state index contributed by atoms with van der Waals surface area (Å²) in [6.07, 6.45) is 1.92. The Balaban J connectivity index is 1.02. The summed E-state index contributed by atoms with van der Waals surface area (Å²) in [5.41, 5.74) is 10.5. The predicted molar refractivity (Wildman–Crippen MR) is 224 cm³/mol. The van der Waals surface area contributed by atoms with Gasteiger partial charge in [-0.3, -0.25) is 4.98 Å². The second-order valence-electron chi connectivity index (χ2n) is 13.8. The predicted octanol–water partition coefficient (Wildman–Crippen LogP) is 12.9. The van der Waals surface area contributed by atoms with Crippen molar-refractivity contribution in [3.05, 3.63) is 182 Å². The molecule has 0 aliphatic heterocycles. The molecule has 0 radical (unpaired) electrons. The summed E-state index contributed by atoms with van der Waals surface area (Å²) in [6, 6.07) is 61.7. The molecule has 7 aromatic carbocycles. The topological polar surface area (TPSA) is 51.6 Å². The Bertz CT molecular complexity index is 3260. The first-order valence-corrected chi connectivity index (χ1v) is 18.2. The molecule has 250 valence electrons. The summed E-state index contributed by atoms with van der Waals surface area (Å²) < 4.78 is 0. The minimum Gasteiger partial charge on any atom is -0.256 e. The van der Waals surface area contributed by atoms with Crippen LogP contribution in [-0.4, -0.2) is 19.9 Å². The van der Waals surface area contributed by atoms with Crippen molar-refractivity contribution in [1.29, 1.82) is 0 Å². The Morgan fingerprint density at radius 3 is 1.54 bits per heavy atom. The number of para-hydroxylation sites is 1. The van der Waals surface area contributed by atoms with Gasteiger partial charge in [0, 0.05) is 55.4 Å². The van der Waals surface area contributed by atoms with Crippen LogP contribution >= 0.6 is 0 Å². The number of aromatic nitrogens is 4. The number of fused-ring (bicyclic) bond motifs is 11. The third kappa shape index (κ3) is 4.85. The van der Waals surface area contributed by atoms with Crippen molar-refractivity contribution in [2.24, 2.45) is 0 Å². The molecule has 0 amide bonds. The van der Waals surface area contributed by atoms with Crippen LogP contribution in [0.3, 0.4) is 0 Å². The summed E-state index contributed by atoms with van der Waals surface area (Å²) in [5, 5.41) is 10.6. The van der Waals surface area contributed by atoms with E-state index < -0.39 is 0 Å². The average Bonchev–Trinajstić information content (AvgIpc) is 3.26. The van der Waals surface area contributed by atoms with Gasteiger partial charge in [0.2, 0.25) is 0 Å². The minimum absolute atomic E-state index is 0.862. The molecule has 0 unspecified atom stereocenters. The van der Waals surface area contributed by atoms with Gasteiger partial charge in [0.05, 0.1) is 39.3 Å². The van der Waals surface area contributed by atoms with Gasteiger partial charge in [0.1, 0.15) is 0 Å². The van der Waals surface area contributed by atoms with E-state index in [2.05, 4.69) is 158 Å². The molecule has 4 heteroatoms. The van der Waals surface area contributed by atoms with Crippen LogP contribution in [0.15, 0.2) is 182 Å². The first-order valence-electron chi connectivity index (χ1n) is 18.2. The Kier molecular flexibility index (Phi) is 6.82. The lowest BCUT2D eigenvalue weighted by Gasteiger charge is -2.16. The van der Waals surface area contributed by atoms with Crippen molar-refractivity contribution in [2.45, 2.75) is 0 Å². The summed E-state index contributed by atoms with van der Waals surface area (Å²) in [6.45, 7) is 0. The van der Waals surface area contributed by atoms with Crippen LogP contribution in [0.5, 0.6) is 0 Å². The smallest absolute Gasteiger partial charge is 0.0972 e. The van der Waals surface area contributed by atoms with Crippen molar-refractivity contribution >= 4 is 65.0 Å². The average molecular weight is 687 g/mol. The zero-order valence-electron chi connectivity index (χ0n) is 29.1. The third-order valence-corrected chi connectivity index (χ3v) is 10.7. The zero-order chi connectivity index (χ0) is 35.6. The number of pyridine rings is 4. The highest BCUT2D eigenvalue weighted by Crippen LogP contribution is 2.43. The fraction of sp³-hybridized carbons (Fsp3) is 0. The van der Waals surface area contributed by atoms with Crippen molar-refractivity contribution in [3.63, 3.8) is 0 Å². The van der Waals surface area contributed by atoms with Crippen LogP contribution in [0.25, 0.3) is 110 Å². The van der Waals surface area contributed by atoms with Crippen molar-refractivity contribution in [2.75, 3.05) is 0 Å². The van der Waals surface area contributed by atoms with E-state index in [0.29, 0.717) is 0 Å². The summed E-state index contributed by atoms with van der Waals surface area (Å²) in [4.78, 5) is 20.6. The van der Waals surface area contributed by atoms with Crippen LogP contribution in [0.1, 0.15) is 0 Å². The fourth-order valence-electron chi connectivity index (χ4n) is 8.07. The van der Waals surface area contributed by atoms with E-state index in [1.54, 1.807) is 0 Å². The molecule has 54 heavy (non-hydrogen) atoms. The first kappa shape index (κ1) is 30.3. The Hall–Kier alpha value is -7.30. The first-order chi connectivity index (χ1) is 26.8. The maximum absolute atomic E-state index is 5.35. The Morgan fingerprint density at radius 2 is 0.852 bits per heavy atom. The van der Waals surface area contributed by atoms with Gasteiger partial charge in [-0.25, -0.2) is 15.0 Å². The second kappa shape index (κ2) is 12.1. The Labute approximate surface area is 311 Å². The van der Waals surface area contributed by atoms with Crippen molar-refractivity contribution < 1.29 is 0 Å². The summed E-state index contributed by atoms with van der Waals surface area (Å²) in [5.74, 6) is 0. The normalized spacial score (nSPS) is 11.7. The van der Waals surface area contributed by atoms with Gasteiger partial charge in [0.15, 0.2) is 0 Å². The standard InChI is InChI=1S/C50H30N4/c1-2-11-31(12-3-1)43-27-23-32-21-22-33-24-28-44(53-50(33)49(32)52-43)36-25-26-42(51-30-36)34-13-10-14-35(29-34)48-47-40-18-7-5-16-38(40)37-15-4-6-17-39(37)46(47)41-19-8-9-20-45(41)54-48/h1-30H. The molecule has 0 aliphatic rings. The number of benzene rings is 7. The van der Waals surface area contributed by atoms with Crippen LogP contribution in [0.4, 0.5) is 0 Å². The van der Waals surface area contributed by atoms with Gasteiger partial charge in [-0.1, -0.05) is 140 Å². The highest BCUT2D eigenvalue weighted by Gasteiger charge is 2.18. The van der Waals surface area contributed by atoms with Crippen LogP contribution < -0.4 is 0 Å². The number of nitrogens with zero attached hydrogens (tertiary/aromatic N) is 4. The lowest BCUT2D eigenvalue weighted by molar-refractivity contribution is 1.30. The van der Waals surface area contributed by atoms with Gasteiger partial charge in [-0.05, 0) is 57.9 Å². The molecule has 11 rings (SSSR count). The lowest BCUT2D eigenvalue weighted by atomic mass is 9.89. The Morgan fingerprint density at radius 1 is 0.315 bits per heavy atom. The van der Waals surface area contributed by atoms with Crippen molar-refractivity contribution in [1.82, 2.24) is 19.9 Å². The number of hydrogen-bond donors (Lipinski definition) is 0. The van der Waals surface area contributed by atoms with E-state index in [9.17, 15) is 0 Å². The van der Waals surface area contributed by atoms with Gasteiger partial charge in [0.25, 0.3) is 0 Å². The maximum Gasteiger partial charge on any atom is 0.0972 e.